The van der Waals surface area contributed by atoms with Crippen molar-refractivity contribution in [3.8, 4) is 0 Å². The van der Waals surface area contributed by atoms with Gasteiger partial charge in [-0.1, -0.05) is 58.8 Å². The van der Waals surface area contributed by atoms with Gasteiger partial charge in [0.05, 0.1) is 0 Å². The van der Waals surface area contributed by atoms with E-state index in [4.69, 9.17) is 4.74 Å². The number of hydrogen-bond acceptors (Lipinski definition) is 4. The van der Waals surface area contributed by atoms with Crippen molar-refractivity contribution in [2.75, 3.05) is 0 Å². The molecule has 0 rings (SSSR count). The summed E-state index contributed by atoms with van der Waals surface area (Å²) in [6.07, 6.45) is 8.69. The van der Waals surface area contributed by atoms with E-state index in [0.29, 0.717) is 0 Å². The van der Waals surface area contributed by atoms with Crippen molar-refractivity contribution >= 4 is 11.9 Å². The minimum absolute atomic E-state index is 0.0624. The van der Waals surface area contributed by atoms with Gasteiger partial charge in [0.15, 0.2) is 0 Å². The molecule has 0 saturated carbocycles. The van der Waals surface area contributed by atoms with E-state index in [1.165, 1.54) is 39.0 Å². The Kier molecular flexibility index (Phi) is 11.1. The lowest BCUT2D eigenvalue weighted by Gasteiger charge is -2.24. The van der Waals surface area contributed by atoms with E-state index in [0.717, 1.165) is 19.3 Å². The van der Waals surface area contributed by atoms with Crippen LogP contribution < -0.4 is 5.11 Å². The first-order valence-electron chi connectivity index (χ1n) is 7.84. The molecule has 0 spiro atoms. The minimum atomic E-state index is -1.16. The Morgan fingerprint density at radius 1 is 1.05 bits per heavy atom. The van der Waals surface area contributed by atoms with E-state index < -0.39 is 18.0 Å². The number of carbonyl (C=O) groups excluding carboxylic acids is 2. The third-order valence-electron chi connectivity index (χ3n) is 3.58. The maximum atomic E-state index is 11.0. The molecule has 118 valence electrons. The molecular weight excluding hydrogens is 256 g/mol. The van der Waals surface area contributed by atoms with Gasteiger partial charge in [0.1, 0.15) is 6.10 Å². The summed E-state index contributed by atoms with van der Waals surface area (Å²) in [5, 5.41) is 10.7. The van der Waals surface area contributed by atoms with Gasteiger partial charge < -0.3 is 14.6 Å². The highest BCUT2D eigenvalue weighted by atomic mass is 16.5. The van der Waals surface area contributed by atoms with Gasteiger partial charge in [-0.3, -0.25) is 4.79 Å². The number of carboxylic acid groups (broad SMARTS) is 1. The first kappa shape index (κ1) is 18.9. The number of aliphatic carboxylic acids is 1. The summed E-state index contributed by atoms with van der Waals surface area (Å²) >= 11 is 0. The highest BCUT2D eigenvalue weighted by Crippen LogP contribution is 2.19. The summed E-state index contributed by atoms with van der Waals surface area (Å²) < 4.78 is 5.07. The molecule has 0 fully saturated rings. The molecule has 0 aliphatic rings. The zero-order valence-electron chi connectivity index (χ0n) is 13.2. The van der Waals surface area contributed by atoms with Gasteiger partial charge in [0, 0.05) is 19.3 Å². The standard InChI is InChI=1S/C16H30O4/c1-4-5-6-7-8-9-10-11-13(2)15(12-16(18)19)20-14(3)17/h13,15H,4-12H2,1-3H3,(H,18,19)/p-1. The molecule has 2 unspecified atom stereocenters. The summed E-state index contributed by atoms with van der Waals surface area (Å²) in [7, 11) is 0. The molecule has 0 aromatic heterocycles. The van der Waals surface area contributed by atoms with Crippen molar-refractivity contribution in [2.45, 2.75) is 84.7 Å². The molecule has 0 aliphatic carbocycles. The molecule has 0 radical (unpaired) electrons. The van der Waals surface area contributed by atoms with Crippen molar-refractivity contribution in [3.05, 3.63) is 0 Å². The van der Waals surface area contributed by atoms with Crippen LogP contribution in [-0.2, 0) is 14.3 Å². The van der Waals surface area contributed by atoms with Crippen LogP contribution in [0.15, 0.2) is 0 Å². The lowest BCUT2D eigenvalue weighted by atomic mass is 9.94. The fourth-order valence-electron chi connectivity index (χ4n) is 2.35. The molecule has 4 heteroatoms. The Balaban J connectivity index is 3.85. The van der Waals surface area contributed by atoms with E-state index >= 15 is 0 Å². The van der Waals surface area contributed by atoms with Gasteiger partial charge in [-0.05, 0) is 12.3 Å². The minimum Gasteiger partial charge on any atom is -0.550 e. The molecule has 0 aromatic carbocycles. The van der Waals surface area contributed by atoms with Gasteiger partial charge in [0.2, 0.25) is 0 Å². The third kappa shape index (κ3) is 10.8. The first-order valence-corrected chi connectivity index (χ1v) is 7.84. The number of carbonyl (C=O) groups is 2. The van der Waals surface area contributed by atoms with Crippen LogP contribution in [0.2, 0.25) is 0 Å². The van der Waals surface area contributed by atoms with Crippen molar-refractivity contribution < 1.29 is 19.4 Å². The average Bonchev–Trinajstić information content (AvgIpc) is 2.35. The van der Waals surface area contributed by atoms with Gasteiger partial charge in [-0.25, -0.2) is 0 Å². The highest BCUT2D eigenvalue weighted by Gasteiger charge is 2.20. The Morgan fingerprint density at radius 3 is 2.10 bits per heavy atom. The Morgan fingerprint density at radius 2 is 1.60 bits per heavy atom. The predicted octanol–water partition coefficient (Wildman–Crippen LogP) is 2.83. The zero-order chi connectivity index (χ0) is 15.4. The number of esters is 1. The van der Waals surface area contributed by atoms with E-state index in [-0.39, 0.29) is 12.3 Å². The summed E-state index contributed by atoms with van der Waals surface area (Å²) in [5.74, 6) is -1.53. The number of carboxylic acids is 1. The van der Waals surface area contributed by atoms with Crippen LogP contribution in [0.3, 0.4) is 0 Å². The lowest BCUT2D eigenvalue weighted by molar-refractivity contribution is -0.307. The van der Waals surface area contributed by atoms with Crippen LogP contribution in [0.25, 0.3) is 0 Å². The second kappa shape index (κ2) is 11.7. The van der Waals surface area contributed by atoms with Crippen LogP contribution in [-0.4, -0.2) is 18.0 Å². The monoisotopic (exact) mass is 285 g/mol. The van der Waals surface area contributed by atoms with Crippen molar-refractivity contribution in [1.29, 1.82) is 0 Å². The molecule has 0 aliphatic heterocycles. The van der Waals surface area contributed by atoms with Crippen molar-refractivity contribution in [2.24, 2.45) is 5.92 Å². The summed E-state index contributed by atoms with van der Waals surface area (Å²) in [5.41, 5.74) is 0. The Bertz CT molecular complexity index is 260. The second-order valence-electron chi connectivity index (χ2n) is 5.61. The van der Waals surface area contributed by atoms with Crippen LogP contribution in [0.5, 0.6) is 0 Å². The molecule has 0 N–H and O–H groups in total. The fraction of sp³-hybridized carbons (Fsp3) is 0.875. The SMILES string of the molecule is CCCCCCCCCC(C)C(CC(=O)[O-])OC(C)=O. The van der Waals surface area contributed by atoms with Crippen molar-refractivity contribution in [1.82, 2.24) is 0 Å². The average molecular weight is 285 g/mol. The third-order valence-corrected chi connectivity index (χ3v) is 3.58. The van der Waals surface area contributed by atoms with E-state index in [9.17, 15) is 14.7 Å². The molecular formula is C16H29O4-. The smallest absolute Gasteiger partial charge is 0.302 e. The summed E-state index contributed by atoms with van der Waals surface area (Å²) in [6.45, 7) is 5.45. The van der Waals surface area contributed by atoms with Gasteiger partial charge in [-0.2, -0.15) is 0 Å². The molecule has 0 bridgehead atoms. The van der Waals surface area contributed by atoms with Crippen LogP contribution >= 0.6 is 0 Å². The lowest BCUT2D eigenvalue weighted by Crippen LogP contribution is -2.33. The van der Waals surface area contributed by atoms with E-state index in [1.54, 1.807) is 0 Å². The predicted molar refractivity (Wildman–Crippen MR) is 77.0 cm³/mol. The second-order valence-corrected chi connectivity index (χ2v) is 5.61. The highest BCUT2D eigenvalue weighted by molar-refractivity contribution is 5.68. The van der Waals surface area contributed by atoms with Crippen molar-refractivity contribution in [3.63, 3.8) is 0 Å². The molecule has 2 atom stereocenters. The normalized spacial score (nSPS) is 13.8. The Hall–Kier alpha value is -1.06. The first-order chi connectivity index (χ1) is 9.47. The topological polar surface area (TPSA) is 66.4 Å². The summed E-state index contributed by atoms with van der Waals surface area (Å²) in [4.78, 5) is 21.7. The zero-order valence-corrected chi connectivity index (χ0v) is 13.2. The maximum Gasteiger partial charge on any atom is 0.302 e. The van der Waals surface area contributed by atoms with Crippen LogP contribution in [0.4, 0.5) is 0 Å². The van der Waals surface area contributed by atoms with Gasteiger partial charge >= 0.3 is 5.97 Å². The number of ether oxygens (including phenoxy) is 1. The van der Waals surface area contributed by atoms with Crippen LogP contribution in [0, 0.1) is 5.92 Å². The maximum absolute atomic E-state index is 11.0. The Labute approximate surface area is 122 Å². The van der Waals surface area contributed by atoms with E-state index in [2.05, 4.69) is 6.92 Å². The molecule has 0 amide bonds. The van der Waals surface area contributed by atoms with Gasteiger partial charge in [-0.15, -0.1) is 0 Å². The molecule has 0 aromatic rings. The molecule has 0 saturated heterocycles. The quantitative estimate of drug-likeness (QED) is 0.408. The van der Waals surface area contributed by atoms with Crippen LogP contribution in [0.1, 0.15) is 78.6 Å². The number of unbranched alkanes of at least 4 members (excludes halogenated alkanes) is 6. The largest absolute Gasteiger partial charge is 0.550 e. The molecule has 4 nitrogen and oxygen atoms in total. The molecule has 0 heterocycles. The van der Waals surface area contributed by atoms with E-state index in [1.807, 2.05) is 6.92 Å². The number of rotatable bonds is 12. The fourth-order valence-corrected chi connectivity index (χ4v) is 2.35. The molecule has 20 heavy (non-hydrogen) atoms. The number of hydrogen-bond donors (Lipinski definition) is 0. The van der Waals surface area contributed by atoms with Gasteiger partial charge in [0.25, 0.3) is 0 Å². The summed E-state index contributed by atoms with van der Waals surface area (Å²) in [6, 6.07) is 0.